The fourth-order valence-corrected chi connectivity index (χ4v) is 3.43. The van der Waals surface area contributed by atoms with Crippen molar-refractivity contribution in [1.29, 1.82) is 0 Å². The van der Waals surface area contributed by atoms with Crippen molar-refractivity contribution in [3.05, 3.63) is 77.2 Å². The number of benzene rings is 2. The van der Waals surface area contributed by atoms with E-state index in [1.165, 1.54) is 12.1 Å². The monoisotopic (exact) mass is 354 g/mol. The summed E-state index contributed by atoms with van der Waals surface area (Å²) in [5, 5.41) is 0. The molecule has 0 saturated heterocycles. The molecule has 1 heterocycles. The summed E-state index contributed by atoms with van der Waals surface area (Å²) in [5.41, 5.74) is 5.66. The topological polar surface area (TPSA) is 53.0 Å². The molecule has 3 aromatic rings. The van der Waals surface area contributed by atoms with Gasteiger partial charge in [-0.15, -0.1) is 0 Å². The van der Waals surface area contributed by atoms with Crippen molar-refractivity contribution in [1.82, 2.24) is 4.98 Å². The van der Waals surface area contributed by atoms with Gasteiger partial charge in [-0.1, -0.05) is 58.6 Å². The van der Waals surface area contributed by atoms with E-state index in [1.54, 1.807) is 12.3 Å². The Morgan fingerprint density at radius 2 is 1.76 bits per heavy atom. The normalized spacial score (nSPS) is 12.2. The Hall–Kier alpha value is -2.37. The molecule has 3 nitrogen and oxygen atoms in total. The number of aryl methyl sites for hydroxylation is 2. The molecule has 1 atom stereocenters. The summed E-state index contributed by atoms with van der Waals surface area (Å²) in [6.07, 6.45) is 1.67. The van der Waals surface area contributed by atoms with Crippen LogP contribution in [0, 0.1) is 19.7 Å². The van der Waals surface area contributed by atoms with Gasteiger partial charge < -0.3 is 4.55 Å². The third-order valence-corrected chi connectivity index (χ3v) is 4.49. The van der Waals surface area contributed by atoms with Gasteiger partial charge in [-0.2, -0.15) is 0 Å². The van der Waals surface area contributed by atoms with Crippen LogP contribution < -0.4 is 0 Å². The van der Waals surface area contributed by atoms with Crippen LogP contribution in [0.1, 0.15) is 16.7 Å². The Bertz CT molecular complexity index is 936. The quantitative estimate of drug-likeness (QED) is 0.646. The van der Waals surface area contributed by atoms with Crippen molar-refractivity contribution < 1.29 is 13.2 Å². The zero-order chi connectivity index (χ0) is 18.0. The minimum atomic E-state index is -2.32. The van der Waals surface area contributed by atoms with Crippen molar-refractivity contribution >= 4 is 11.1 Å². The highest BCUT2D eigenvalue weighted by Gasteiger charge is 2.12. The molecule has 0 aliphatic rings. The van der Waals surface area contributed by atoms with E-state index in [0.29, 0.717) is 11.3 Å². The highest BCUT2D eigenvalue weighted by molar-refractivity contribution is 7.78. The van der Waals surface area contributed by atoms with Crippen molar-refractivity contribution in [3.63, 3.8) is 0 Å². The summed E-state index contributed by atoms with van der Waals surface area (Å²) >= 11 is -2.32. The number of nitrogens with zero attached hydrogens (tertiary/aromatic N) is 1. The van der Waals surface area contributed by atoms with Crippen LogP contribution in [0.15, 0.2) is 54.7 Å². The average molecular weight is 354 g/mol. The summed E-state index contributed by atoms with van der Waals surface area (Å²) in [5.74, 6) is -0.878. The van der Waals surface area contributed by atoms with Gasteiger partial charge >= 0.3 is 0 Å². The van der Waals surface area contributed by atoms with Gasteiger partial charge in [-0.25, -0.2) is 4.39 Å². The number of hydrogen-bond acceptors (Lipinski definition) is 3. The molecule has 0 amide bonds. The summed E-state index contributed by atoms with van der Waals surface area (Å²) in [6, 6.07) is 14.6. The summed E-state index contributed by atoms with van der Waals surface area (Å²) in [6.45, 7) is 4.06. The van der Waals surface area contributed by atoms with Crippen molar-refractivity contribution in [2.75, 3.05) is 0 Å². The predicted octanol–water partition coefficient (Wildman–Crippen LogP) is 4.55. The highest BCUT2D eigenvalue weighted by atomic mass is 32.2. The lowest BCUT2D eigenvalue weighted by molar-refractivity contribution is 0.533. The molecule has 25 heavy (non-hydrogen) atoms. The SMILES string of the molecule is Cc1cc(C)cc(-c2cccnc2-c2ccc(CS(=O)[O-])c(F)c2)c1. The Balaban J connectivity index is 2.10. The van der Waals surface area contributed by atoms with Gasteiger partial charge in [0.25, 0.3) is 0 Å². The Morgan fingerprint density at radius 3 is 2.40 bits per heavy atom. The first-order valence-electron chi connectivity index (χ1n) is 7.82. The largest absolute Gasteiger partial charge is 0.772 e. The zero-order valence-corrected chi connectivity index (χ0v) is 14.8. The van der Waals surface area contributed by atoms with E-state index in [-0.39, 0.29) is 11.3 Å². The number of halogens is 1. The molecule has 0 saturated carbocycles. The van der Waals surface area contributed by atoms with E-state index < -0.39 is 16.9 Å². The first-order chi connectivity index (χ1) is 11.9. The fourth-order valence-electron chi connectivity index (χ4n) is 2.94. The second-order valence-electron chi connectivity index (χ2n) is 6.03. The summed E-state index contributed by atoms with van der Waals surface area (Å²) in [4.78, 5) is 4.43. The van der Waals surface area contributed by atoms with Crippen LogP contribution in [0.2, 0.25) is 0 Å². The van der Waals surface area contributed by atoms with Crippen molar-refractivity contribution in [2.45, 2.75) is 19.6 Å². The highest BCUT2D eigenvalue weighted by Crippen LogP contribution is 2.32. The molecule has 0 fully saturated rings. The van der Waals surface area contributed by atoms with E-state index in [9.17, 15) is 13.2 Å². The molecule has 0 spiro atoms. The maximum Gasteiger partial charge on any atom is 0.127 e. The van der Waals surface area contributed by atoms with Gasteiger partial charge in [0.05, 0.1) is 5.69 Å². The molecule has 5 heteroatoms. The van der Waals surface area contributed by atoms with Gasteiger partial charge in [0.15, 0.2) is 0 Å². The molecule has 0 N–H and O–H groups in total. The first kappa shape index (κ1) is 17.5. The second-order valence-corrected chi connectivity index (χ2v) is 6.93. The lowest BCUT2D eigenvalue weighted by Crippen LogP contribution is -1.98. The number of aromatic nitrogens is 1. The maximum atomic E-state index is 14.3. The molecule has 0 radical (unpaired) electrons. The van der Waals surface area contributed by atoms with E-state index in [2.05, 4.69) is 23.2 Å². The zero-order valence-electron chi connectivity index (χ0n) is 14.0. The lowest BCUT2D eigenvalue weighted by Gasteiger charge is -2.12. The molecule has 1 aromatic heterocycles. The van der Waals surface area contributed by atoms with Gasteiger partial charge in [-0.05, 0) is 37.1 Å². The number of pyridine rings is 1. The second kappa shape index (κ2) is 7.25. The lowest BCUT2D eigenvalue weighted by atomic mass is 9.96. The van der Waals surface area contributed by atoms with Gasteiger partial charge in [0.1, 0.15) is 5.82 Å². The molecule has 0 bridgehead atoms. The minimum Gasteiger partial charge on any atom is -0.772 e. The molecule has 0 aliphatic carbocycles. The Labute approximate surface area is 148 Å². The van der Waals surface area contributed by atoms with Gasteiger partial charge in [-0.3, -0.25) is 9.19 Å². The Kier molecular flexibility index (Phi) is 5.06. The number of rotatable bonds is 4. The molecule has 1 unspecified atom stereocenters. The van der Waals surface area contributed by atoms with Crippen LogP contribution >= 0.6 is 0 Å². The molecular formula is C20H17FNO2S-. The molecule has 128 valence electrons. The molecule has 2 aromatic carbocycles. The maximum absolute atomic E-state index is 14.3. The van der Waals surface area contributed by atoms with E-state index >= 15 is 0 Å². The van der Waals surface area contributed by atoms with Crippen molar-refractivity contribution in [3.8, 4) is 22.4 Å². The van der Waals surface area contributed by atoms with Crippen LogP contribution in [-0.2, 0) is 16.8 Å². The van der Waals surface area contributed by atoms with Crippen LogP contribution in [-0.4, -0.2) is 13.7 Å². The van der Waals surface area contributed by atoms with Gasteiger partial charge in [0.2, 0.25) is 0 Å². The third kappa shape index (κ3) is 4.00. The fraction of sp³-hybridized carbons (Fsp3) is 0.150. The van der Waals surface area contributed by atoms with Crippen LogP contribution in [0.3, 0.4) is 0 Å². The van der Waals surface area contributed by atoms with Crippen LogP contribution in [0.4, 0.5) is 4.39 Å². The molecular weight excluding hydrogens is 337 g/mol. The predicted molar refractivity (Wildman–Crippen MR) is 97.2 cm³/mol. The summed E-state index contributed by atoms with van der Waals surface area (Å²) < 4.78 is 35.9. The van der Waals surface area contributed by atoms with E-state index in [0.717, 1.165) is 22.3 Å². The third-order valence-electron chi connectivity index (χ3n) is 3.94. The Morgan fingerprint density at radius 1 is 1.04 bits per heavy atom. The van der Waals surface area contributed by atoms with Crippen LogP contribution in [0.25, 0.3) is 22.4 Å². The smallest absolute Gasteiger partial charge is 0.127 e. The van der Waals surface area contributed by atoms with Crippen molar-refractivity contribution in [2.24, 2.45) is 0 Å². The molecule has 3 rings (SSSR count). The standard InChI is InChI=1S/C20H18FNO2S/c1-13-8-14(2)10-17(9-13)18-4-3-7-22-20(18)15-5-6-16(12-25(23)24)19(21)11-15/h3-11H,12H2,1-2H3,(H,23,24)/p-1. The molecule has 0 aliphatic heterocycles. The van der Waals surface area contributed by atoms with E-state index in [1.807, 2.05) is 26.0 Å². The van der Waals surface area contributed by atoms with E-state index in [4.69, 9.17) is 0 Å². The summed E-state index contributed by atoms with van der Waals surface area (Å²) in [7, 11) is 0. The average Bonchev–Trinajstić information content (AvgIpc) is 2.55. The number of hydrogen-bond donors (Lipinski definition) is 0. The minimum absolute atomic E-state index is 0.154. The first-order valence-corrected chi connectivity index (χ1v) is 9.07. The van der Waals surface area contributed by atoms with Gasteiger partial charge in [0, 0.05) is 23.1 Å². The van der Waals surface area contributed by atoms with Crippen LogP contribution in [0.5, 0.6) is 0 Å².